The highest BCUT2D eigenvalue weighted by Gasteiger charge is 2.19. The molecule has 1 aromatic heterocycles. The van der Waals surface area contributed by atoms with Gasteiger partial charge >= 0.3 is 0 Å². The largest absolute Gasteiger partial charge is 0.294 e. The number of nitrogens with zero attached hydrogens (tertiary/aromatic N) is 3. The topological polar surface area (TPSA) is 47.8 Å². The van der Waals surface area contributed by atoms with Gasteiger partial charge in [-0.1, -0.05) is 65.9 Å². The second-order valence-corrected chi connectivity index (χ2v) is 4.80. The van der Waals surface area contributed by atoms with Crippen LogP contribution in [-0.4, -0.2) is 20.8 Å². The SMILES string of the molecule is O=C(CC(c1ccccc1)n1ccnn1)c1ccccc1. The molecule has 1 heterocycles. The number of hydrogen-bond donors (Lipinski definition) is 0. The van der Waals surface area contributed by atoms with Crippen LogP contribution in [0.1, 0.15) is 28.4 Å². The molecule has 21 heavy (non-hydrogen) atoms. The van der Waals surface area contributed by atoms with Gasteiger partial charge in [0.2, 0.25) is 0 Å². The molecule has 1 unspecified atom stereocenters. The minimum atomic E-state index is -0.138. The summed E-state index contributed by atoms with van der Waals surface area (Å²) in [5.41, 5.74) is 1.77. The van der Waals surface area contributed by atoms with Crippen LogP contribution < -0.4 is 0 Å². The highest BCUT2D eigenvalue weighted by Crippen LogP contribution is 2.22. The second kappa shape index (κ2) is 6.13. The van der Waals surface area contributed by atoms with Gasteiger partial charge in [0.15, 0.2) is 5.78 Å². The molecule has 0 bridgehead atoms. The summed E-state index contributed by atoms with van der Waals surface area (Å²) in [7, 11) is 0. The molecule has 0 spiro atoms. The molecule has 104 valence electrons. The van der Waals surface area contributed by atoms with Crippen molar-refractivity contribution in [1.82, 2.24) is 15.0 Å². The Morgan fingerprint density at radius 3 is 2.29 bits per heavy atom. The third kappa shape index (κ3) is 3.05. The van der Waals surface area contributed by atoms with E-state index in [4.69, 9.17) is 0 Å². The predicted octanol–water partition coefficient (Wildman–Crippen LogP) is 3.14. The molecule has 3 aromatic rings. The Labute approximate surface area is 123 Å². The van der Waals surface area contributed by atoms with Crippen LogP contribution in [0.5, 0.6) is 0 Å². The fraction of sp³-hybridized carbons (Fsp3) is 0.118. The summed E-state index contributed by atoms with van der Waals surface area (Å²) in [6.07, 6.45) is 3.77. The number of aromatic nitrogens is 3. The summed E-state index contributed by atoms with van der Waals surface area (Å²) in [6.45, 7) is 0. The number of hydrogen-bond acceptors (Lipinski definition) is 3. The van der Waals surface area contributed by atoms with Crippen LogP contribution in [0.15, 0.2) is 73.1 Å². The molecule has 0 aliphatic heterocycles. The maximum absolute atomic E-state index is 12.5. The van der Waals surface area contributed by atoms with Crippen LogP contribution in [0.3, 0.4) is 0 Å². The summed E-state index contributed by atoms with van der Waals surface area (Å²) in [5.74, 6) is 0.0972. The number of ketones is 1. The molecule has 1 atom stereocenters. The van der Waals surface area contributed by atoms with Crippen molar-refractivity contribution in [2.75, 3.05) is 0 Å². The minimum absolute atomic E-state index is 0.0972. The molecule has 0 aliphatic carbocycles. The Hall–Kier alpha value is -2.75. The van der Waals surface area contributed by atoms with Crippen molar-refractivity contribution in [3.63, 3.8) is 0 Å². The molecule has 0 N–H and O–H groups in total. The molecule has 0 saturated heterocycles. The molecular formula is C17H15N3O. The van der Waals surface area contributed by atoms with Gasteiger partial charge in [-0.05, 0) is 5.56 Å². The first-order chi connectivity index (χ1) is 10.3. The van der Waals surface area contributed by atoms with Gasteiger partial charge in [-0.2, -0.15) is 0 Å². The Balaban J connectivity index is 1.89. The lowest BCUT2D eigenvalue weighted by atomic mass is 9.98. The molecule has 4 nitrogen and oxygen atoms in total. The lowest BCUT2D eigenvalue weighted by molar-refractivity contribution is 0.0967. The van der Waals surface area contributed by atoms with Gasteiger partial charge in [-0.3, -0.25) is 4.79 Å². The van der Waals surface area contributed by atoms with Crippen molar-refractivity contribution in [3.8, 4) is 0 Å². The van der Waals surface area contributed by atoms with Gasteiger partial charge in [0, 0.05) is 18.2 Å². The van der Waals surface area contributed by atoms with E-state index in [9.17, 15) is 4.79 Å². The Morgan fingerprint density at radius 1 is 1.00 bits per heavy atom. The van der Waals surface area contributed by atoms with Crippen LogP contribution in [0.2, 0.25) is 0 Å². The third-order valence-corrected chi connectivity index (χ3v) is 3.42. The zero-order chi connectivity index (χ0) is 14.5. The normalized spacial score (nSPS) is 12.0. The monoisotopic (exact) mass is 277 g/mol. The van der Waals surface area contributed by atoms with Crippen LogP contribution in [-0.2, 0) is 0 Å². The number of carbonyl (C=O) groups excluding carboxylic acids is 1. The first-order valence-corrected chi connectivity index (χ1v) is 6.83. The van der Waals surface area contributed by atoms with Crippen molar-refractivity contribution in [1.29, 1.82) is 0 Å². The third-order valence-electron chi connectivity index (χ3n) is 3.42. The van der Waals surface area contributed by atoms with Crippen molar-refractivity contribution >= 4 is 5.78 Å². The summed E-state index contributed by atoms with van der Waals surface area (Å²) < 4.78 is 1.73. The van der Waals surface area contributed by atoms with E-state index in [1.165, 1.54) is 0 Å². The van der Waals surface area contributed by atoms with Crippen molar-refractivity contribution < 1.29 is 4.79 Å². The maximum atomic E-state index is 12.5. The van der Waals surface area contributed by atoms with Gasteiger partial charge in [-0.15, -0.1) is 5.10 Å². The summed E-state index contributed by atoms with van der Waals surface area (Å²) >= 11 is 0. The lowest BCUT2D eigenvalue weighted by Gasteiger charge is -2.16. The zero-order valence-corrected chi connectivity index (χ0v) is 11.5. The number of benzene rings is 2. The Bertz CT molecular complexity index is 693. The smallest absolute Gasteiger partial charge is 0.165 e. The molecule has 4 heteroatoms. The average molecular weight is 277 g/mol. The van der Waals surface area contributed by atoms with Crippen molar-refractivity contribution in [2.45, 2.75) is 12.5 Å². The highest BCUT2D eigenvalue weighted by atomic mass is 16.1. The molecule has 0 amide bonds. The van der Waals surface area contributed by atoms with Crippen LogP contribution in [0.4, 0.5) is 0 Å². The minimum Gasteiger partial charge on any atom is -0.294 e. The van der Waals surface area contributed by atoms with Crippen molar-refractivity contribution in [2.24, 2.45) is 0 Å². The molecule has 2 aromatic carbocycles. The van der Waals surface area contributed by atoms with E-state index in [2.05, 4.69) is 10.3 Å². The van der Waals surface area contributed by atoms with E-state index in [0.717, 1.165) is 11.1 Å². The number of carbonyl (C=O) groups is 1. The van der Waals surface area contributed by atoms with E-state index in [1.54, 1.807) is 17.1 Å². The fourth-order valence-corrected chi connectivity index (χ4v) is 2.34. The highest BCUT2D eigenvalue weighted by molar-refractivity contribution is 5.96. The van der Waals surface area contributed by atoms with Gasteiger partial charge in [0.1, 0.15) is 0 Å². The van der Waals surface area contributed by atoms with Gasteiger partial charge in [0.25, 0.3) is 0 Å². The standard InChI is InChI=1S/C17H15N3O/c21-17(15-9-5-2-6-10-15)13-16(20-12-11-18-19-20)14-7-3-1-4-8-14/h1-12,16H,13H2. The lowest BCUT2D eigenvalue weighted by Crippen LogP contribution is -2.16. The van der Waals surface area contributed by atoms with Gasteiger partial charge in [-0.25, -0.2) is 4.68 Å². The summed E-state index contributed by atoms with van der Waals surface area (Å²) in [5, 5.41) is 7.90. The molecule has 0 saturated carbocycles. The summed E-state index contributed by atoms with van der Waals surface area (Å²) in [6, 6.07) is 19.1. The van der Waals surface area contributed by atoms with Crippen LogP contribution in [0.25, 0.3) is 0 Å². The van der Waals surface area contributed by atoms with Crippen molar-refractivity contribution in [3.05, 3.63) is 84.2 Å². The van der Waals surface area contributed by atoms with Crippen LogP contribution in [0, 0.1) is 0 Å². The molecule has 0 aliphatic rings. The first-order valence-electron chi connectivity index (χ1n) is 6.83. The first kappa shape index (κ1) is 13.2. The molecule has 0 radical (unpaired) electrons. The van der Waals surface area contributed by atoms with E-state index in [-0.39, 0.29) is 11.8 Å². The van der Waals surface area contributed by atoms with Gasteiger partial charge < -0.3 is 0 Å². The Kier molecular flexibility index (Phi) is 3.87. The average Bonchev–Trinajstić information content (AvgIpc) is 3.08. The molecular weight excluding hydrogens is 262 g/mol. The second-order valence-electron chi connectivity index (χ2n) is 4.80. The van der Waals surface area contributed by atoms with Crippen LogP contribution >= 0.6 is 0 Å². The fourth-order valence-electron chi connectivity index (χ4n) is 2.34. The van der Waals surface area contributed by atoms with Gasteiger partial charge in [0.05, 0.1) is 12.2 Å². The quantitative estimate of drug-likeness (QED) is 0.673. The molecule has 3 rings (SSSR count). The number of rotatable bonds is 5. The number of Topliss-reactive ketones (excluding diaryl/α,β-unsaturated/α-hetero) is 1. The zero-order valence-electron chi connectivity index (χ0n) is 11.5. The van der Waals surface area contributed by atoms with E-state index >= 15 is 0 Å². The van der Waals surface area contributed by atoms with E-state index < -0.39 is 0 Å². The van der Waals surface area contributed by atoms with E-state index in [1.807, 2.05) is 60.7 Å². The van der Waals surface area contributed by atoms with E-state index in [0.29, 0.717) is 6.42 Å². The Morgan fingerprint density at radius 2 is 1.67 bits per heavy atom. The molecule has 0 fully saturated rings. The summed E-state index contributed by atoms with van der Waals surface area (Å²) in [4.78, 5) is 12.5. The maximum Gasteiger partial charge on any atom is 0.165 e. The predicted molar refractivity (Wildman–Crippen MR) is 80.0 cm³/mol.